The van der Waals surface area contributed by atoms with Crippen LogP contribution in [0.1, 0.15) is 194 Å². The zero-order valence-corrected chi connectivity index (χ0v) is 33.5. The van der Waals surface area contributed by atoms with Gasteiger partial charge in [0.1, 0.15) is 12.7 Å². The second-order valence-electron chi connectivity index (χ2n) is 14.0. The molecule has 0 aromatic heterocycles. The van der Waals surface area contributed by atoms with Crippen LogP contribution in [-0.4, -0.2) is 65.7 Å². The molecule has 0 saturated carbocycles. The summed E-state index contributed by atoms with van der Waals surface area (Å²) in [6.45, 7) is 2.37. The summed E-state index contributed by atoms with van der Waals surface area (Å²) in [6.07, 6.45) is 33.1. The lowest BCUT2D eigenvalue weighted by Crippen LogP contribution is -2.29. The number of hydrogen-bond donors (Lipinski definition) is 3. The third-order valence-electron chi connectivity index (χ3n) is 8.92. The number of unbranched alkanes of at least 4 members (excludes halogenated alkanes) is 23. The van der Waals surface area contributed by atoms with Crippen molar-refractivity contribution >= 4 is 19.8 Å². The number of esters is 2. The van der Waals surface area contributed by atoms with Crippen molar-refractivity contribution in [3.63, 3.8) is 0 Å². The van der Waals surface area contributed by atoms with Crippen molar-refractivity contribution in [3.05, 3.63) is 12.2 Å². The fraction of sp³-hybridized carbons (Fsp3) is 0.900. The maximum Gasteiger partial charge on any atom is 0.472 e. The number of carbonyl (C=O) groups is 2. The van der Waals surface area contributed by atoms with Crippen LogP contribution in [0.3, 0.4) is 0 Å². The van der Waals surface area contributed by atoms with E-state index < -0.39 is 51.8 Å². The zero-order valence-electron chi connectivity index (χ0n) is 32.6. The highest BCUT2D eigenvalue weighted by Gasteiger charge is 2.27. The van der Waals surface area contributed by atoms with E-state index in [-0.39, 0.29) is 19.4 Å². The molecule has 3 N–H and O–H groups in total. The standard InChI is InChI=1S/C40H77O10P/c1-3-5-7-9-11-13-15-17-18-20-22-24-26-28-30-32-40(44)50-38(36-49-51(45,46)48-34-37(42)33-41)35-47-39(43)31-29-27-25-23-21-19-16-14-12-10-8-6-4-2/h13,15,37-38,41-42H,3-12,14,16-36H2,1-2H3,(H,45,46)/b15-13+/t37-,38+/m0/s1. The van der Waals surface area contributed by atoms with E-state index in [0.717, 1.165) is 44.9 Å². The van der Waals surface area contributed by atoms with E-state index in [2.05, 4.69) is 30.5 Å². The minimum atomic E-state index is -4.61. The Morgan fingerprint density at radius 1 is 0.569 bits per heavy atom. The summed E-state index contributed by atoms with van der Waals surface area (Å²) < 4.78 is 32.6. The van der Waals surface area contributed by atoms with Crippen molar-refractivity contribution < 1.29 is 47.8 Å². The molecule has 0 bridgehead atoms. The molecule has 0 fully saturated rings. The molecule has 11 heteroatoms. The number of aliphatic hydroxyl groups is 2. The third-order valence-corrected chi connectivity index (χ3v) is 9.87. The molecule has 1 unspecified atom stereocenters. The molecule has 0 aliphatic carbocycles. The number of phosphoric ester groups is 1. The van der Waals surface area contributed by atoms with Crippen LogP contribution in [0, 0.1) is 0 Å². The number of phosphoric acid groups is 1. The first-order chi connectivity index (χ1) is 24.7. The fourth-order valence-electron chi connectivity index (χ4n) is 5.69. The van der Waals surface area contributed by atoms with Gasteiger partial charge >= 0.3 is 19.8 Å². The molecule has 0 saturated heterocycles. The molecule has 0 heterocycles. The fourth-order valence-corrected chi connectivity index (χ4v) is 6.48. The van der Waals surface area contributed by atoms with E-state index in [4.69, 9.17) is 19.1 Å². The Kier molecular flexibility index (Phi) is 36.1. The molecule has 0 aliphatic rings. The first-order valence-electron chi connectivity index (χ1n) is 20.6. The monoisotopic (exact) mass is 749 g/mol. The first-order valence-corrected chi connectivity index (χ1v) is 22.1. The lowest BCUT2D eigenvalue weighted by atomic mass is 10.0. The van der Waals surface area contributed by atoms with Gasteiger partial charge in [0.15, 0.2) is 6.10 Å². The molecule has 10 nitrogen and oxygen atoms in total. The maximum atomic E-state index is 12.6. The second-order valence-corrected chi connectivity index (χ2v) is 15.5. The van der Waals surface area contributed by atoms with Gasteiger partial charge in [0, 0.05) is 12.8 Å². The van der Waals surface area contributed by atoms with E-state index in [0.29, 0.717) is 12.8 Å². The van der Waals surface area contributed by atoms with Crippen LogP contribution in [0.5, 0.6) is 0 Å². The molecule has 0 rings (SSSR count). The largest absolute Gasteiger partial charge is 0.472 e. The maximum absolute atomic E-state index is 12.6. The minimum Gasteiger partial charge on any atom is -0.462 e. The Hall–Kier alpha value is -1.29. The summed E-state index contributed by atoms with van der Waals surface area (Å²) in [5.41, 5.74) is 0. The molecule has 0 spiro atoms. The van der Waals surface area contributed by atoms with Crippen molar-refractivity contribution in [2.75, 3.05) is 26.4 Å². The molecule has 0 amide bonds. The van der Waals surface area contributed by atoms with Crippen LogP contribution >= 0.6 is 7.82 Å². The van der Waals surface area contributed by atoms with Crippen molar-refractivity contribution in [1.29, 1.82) is 0 Å². The Morgan fingerprint density at radius 2 is 0.961 bits per heavy atom. The van der Waals surface area contributed by atoms with Gasteiger partial charge < -0.3 is 24.6 Å². The van der Waals surface area contributed by atoms with Crippen LogP contribution in [0.2, 0.25) is 0 Å². The average molecular weight is 749 g/mol. The van der Waals surface area contributed by atoms with Gasteiger partial charge in [-0.15, -0.1) is 0 Å². The number of carbonyl (C=O) groups excluding carboxylic acids is 2. The molecule has 0 aliphatic heterocycles. The van der Waals surface area contributed by atoms with E-state index in [1.54, 1.807) is 0 Å². The van der Waals surface area contributed by atoms with Crippen LogP contribution in [-0.2, 0) is 32.7 Å². The third kappa shape index (κ3) is 36.8. The molecule has 0 aromatic carbocycles. The number of ether oxygens (including phenoxy) is 2. The molecule has 302 valence electrons. The Labute approximate surface area is 311 Å². The van der Waals surface area contributed by atoms with Crippen LogP contribution < -0.4 is 0 Å². The highest BCUT2D eigenvalue weighted by molar-refractivity contribution is 7.47. The number of allylic oxidation sites excluding steroid dienone is 2. The summed E-state index contributed by atoms with van der Waals surface area (Å²) in [5, 5.41) is 18.3. The Bertz CT molecular complexity index is 868. The molecule has 51 heavy (non-hydrogen) atoms. The van der Waals surface area contributed by atoms with Gasteiger partial charge in [-0.3, -0.25) is 18.6 Å². The molecule has 0 aromatic rings. The van der Waals surface area contributed by atoms with Crippen LogP contribution in [0.4, 0.5) is 0 Å². The second kappa shape index (κ2) is 37.0. The summed E-state index contributed by atoms with van der Waals surface area (Å²) in [5.74, 6) is -0.922. The van der Waals surface area contributed by atoms with Crippen molar-refractivity contribution in [2.24, 2.45) is 0 Å². The Morgan fingerprint density at radius 3 is 1.43 bits per heavy atom. The van der Waals surface area contributed by atoms with Crippen LogP contribution in [0.25, 0.3) is 0 Å². The van der Waals surface area contributed by atoms with Gasteiger partial charge in [-0.2, -0.15) is 0 Å². The lowest BCUT2D eigenvalue weighted by molar-refractivity contribution is -0.161. The number of rotatable bonds is 39. The van der Waals surface area contributed by atoms with Gasteiger partial charge in [0.05, 0.1) is 19.8 Å². The van der Waals surface area contributed by atoms with E-state index in [1.807, 2.05) is 0 Å². The molecule has 3 atom stereocenters. The van der Waals surface area contributed by atoms with Gasteiger partial charge in [-0.1, -0.05) is 154 Å². The van der Waals surface area contributed by atoms with Gasteiger partial charge in [-0.05, 0) is 38.5 Å². The summed E-state index contributed by atoms with van der Waals surface area (Å²) in [6, 6.07) is 0. The Balaban J connectivity index is 4.31. The summed E-state index contributed by atoms with van der Waals surface area (Å²) in [7, 11) is -4.61. The summed E-state index contributed by atoms with van der Waals surface area (Å²) in [4.78, 5) is 34.9. The SMILES string of the molecule is CCCCCC/C=C/CCCCCCCCCC(=O)O[C@H](COC(=O)CCCCCCCCCCCCCCC)COP(=O)(O)OC[C@@H](O)CO. The highest BCUT2D eigenvalue weighted by Crippen LogP contribution is 2.43. The van der Waals surface area contributed by atoms with E-state index in [1.165, 1.54) is 109 Å². The summed E-state index contributed by atoms with van der Waals surface area (Å²) >= 11 is 0. The van der Waals surface area contributed by atoms with Crippen molar-refractivity contribution in [2.45, 2.75) is 206 Å². The van der Waals surface area contributed by atoms with Crippen LogP contribution in [0.15, 0.2) is 12.2 Å². The van der Waals surface area contributed by atoms with Crippen molar-refractivity contribution in [3.8, 4) is 0 Å². The topological polar surface area (TPSA) is 149 Å². The number of hydrogen-bond acceptors (Lipinski definition) is 9. The molecule has 0 radical (unpaired) electrons. The normalized spacial score (nSPS) is 14.1. The number of aliphatic hydroxyl groups excluding tert-OH is 2. The smallest absolute Gasteiger partial charge is 0.462 e. The molecular weight excluding hydrogens is 671 g/mol. The first kappa shape index (κ1) is 49.7. The predicted octanol–water partition coefficient (Wildman–Crippen LogP) is 10.4. The van der Waals surface area contributed by atoms with Gasteiger partial charge in [0.2, 0.25) is 0 Å². The average Bonchev–Trinajstić information content (AvgIpc) is 3.12. The zero-order chi connectivity index (χ0) is 37.7. The highest BCUT2D eigenvalue weighted by atomic mass is 31.2. The minimum absolute atomic E-state index is 0.183. The van der Waals surface area contributed by atoms with E-state index in [9.17, 15) is 24.2 Å². The molecular formula is C40H77O10P. The lowest BCUT2D eigenvalue weighted by Gasteiger charge is -2.20. The van der Waals surface area contributed by atoms with Gasteiger partial charge in [-0.25, -0.2) is 4.57 Å². The van der Waals surface area contributed by atoms with Gasteiger partial charge in [0.25, 0.3) is 0 Å². The quantitative estimate of drug-likeness (QED) is 0.0240. The predicted molar refractivity (Wildman–Crippen MR) is 205 cm³/mol. The van der Waals surface area contributed by atoms with Crippen molar-refractivity contribution in [1.82, 2.24) is 0 Å². The van der Waals surface area contributed by atoms with E-state index >= 15 is 0 Å².